The lowest BCUT2D eigenvalue weighted by Gasteiger charge is -2.09. The Balaban J connectivity index is 1.58. The highest BCUT2D eigenvalue weighted by Crippen LogP contribution is 2.38. The van der Waals surface area contributed by atoms with Gasteiger partial charge in [0.15, 0.2) is 0 Å². The number of amides is 1. The average molecular weight is 453 g/mol. The number of phenols is 1. The van der Waals surface area contributed by atoms with E-state index in [0.717, 1.165) is 32.3 Å². The van der Waals surface area contributed by atoms with Crippen LogP contribution in [0.1, 0.15) is 19.0 Å². The first-order valence-corrected chi connectivity index (χ1v) is 10.9. The van der Waals surface area contributed by atoms with Gasteiger partial charge in [0, 0.05) is 23.8 Å². The maximum atomic E-state index is 11.7. The minimum absolute atomic E-state index is 0.0336. The second-order valence-electron chi connectivity index (χ2n) is 7.81. The van der Waals surface area contributed by atoms with Crippen LogP contribution in [0.3, 0.4) is 0 Å². The molecule has 0 saturated carbocycles. The molecule has 1 heterocycles. The molecule has 1 aliphatic carbocycles. The Morgan fingerprint density at radius 3 is 2.70 bits per heavy atom. The fraction of sp³-hybridized carbons (Fsp3) is 0.0741. The fourth-order valence-electron chi connectivity index (χ4n) is 3.96. The number of hydrogen-bond acceptors (Lipinski definition) is 5. The predicted octanol–water partition coefficient (Wildman–Crippen LogP) is 6.54. The standard InChI is InChI=1S/C27H20N2O3S/c1-16(30)28-27-25(19-8-4-9-20(33)14-19)29-26(32-27)23-13-12-18(15-24(23)31)22-11-5-7-17-6-2-3-10-21(17)22/h2-8,10-15,31H,9H2,1H3,(H,28,30). The van der Waals surface area contributed by atoms with Crippen LogP contribution in [0.4, 0.5) is 5.88 Å². The number of nitrogens with one attached hydrogen (secondary N) is 1. The first-order chi connectivity index (χ1) is 16.0. The summed E-state index contributed by atoms with van der Waals surface area (Å²) >= 11 is 5.32. The Morgan fingerprint density at radius 2 is 1.91 bits per heavy atom. The van der Waals surface area contributed by atoms with E-state index >= 15 is 0 Å². The SMILES string of the molecule is CC(=O)Nc1oc(-c2ccc(-c3cccc4ccccc34)cc2O)nc1C1=CC(=S)CC=C1. The molecule has 1 aliphatic rings. The van der Waals surface area contributed by atoms with Crippen LogP contribution in [0.15, 0.2) is 83.3 Å². The van der Waals surface area contributed by atoms with E-state index in [9.17, 15) is 9.90 Å². The zero-order valence-corrected chi connectivity index (χ0v) is 18.6. The molecule has 0 saturated heterocycles. The number of allylic oxidation sites excluding steroid dienone is 4. The first-order valence-electron chi connectivity index (χ1n) is 10.5. The van der Waals surface area contributed by atoms with Crippen molar-refractivity contribution in [3.8, 4) is 28.3 Å². The van der Waals surface area contributed by atoms with Crippen molar-refractivity contribution in [3.63, 3.8) is 0 Å². The van der Waals surface area contributed by atoms with Crippen LogP contribution < -0.4 is 5.32 Å². The van der Waals surface area contributed by atoms with E-state index in [4.69, 9.17) is 16.6 Å². The van der Waals surface area contributed by atoms with Crippen molar-refractivity contribution < 1.29 is 14.3 Å². The van der Waals surface area contributed by atoms with Crippen molar-refractivity contribution in [1.29, 1.82) is 0 Å². The van der Waals surface area contributed by atoms with E-state index < -0.39 is 0 Å². The van der Waals surface area contributed by atoms with Crippen LogP contribution in [0.5, 0.6) is 5.75 Å². The van der Waals surface area contributed by atoms with Gasteiger partial charge >= 0.3 is 0 Å². The van der Waals surface area contributed by atoms with Gasteiger partial charge < -0.3 is 9.52 Å². The van der Waals surface area contributed by atoms with E-state index in [1.807, 2.05) is 48.6 Å². The molecule has 0 unspecified atom stereocenters. The molecule has 0 bridgehead atoms. The first kappa shape index (κ1) is 20.8. The number of aromatic nitrogens is 1. The van der Waals surface area contributed by atoms with Crippen LogP contribution in [-0.2, 0) is 4.79 Å². The molecule has 5 rings (SSSR count). The molecule has 0 radical (unpaired) electrons. The monoisotopic (exact) mass is 452 g/mol. The third kappa shape index (κ3) is 4.08. The van der Waals surface area contributed by atoms with Crippen molar-refractivity contribution in [3.05, 3.63) is 84.6 Å². The molecule has 0 atom stereocenters. The molecule has 1 aromatic heterocycles. The van der Waals surface area contributed by atoms with Crippen LogP contribution in [0.2, 0.25) is 0 Å². The number of phenolic OH excluding ortho intramolecular Hbond substituents is 1. The quantitative estimate of drug-likeness (QED) is 0.344. The summed E-state index contributed by atoms with van der Waals surface area (Å²) < 4.78 is 5.88. The Labute approximate surface area is 196 Å². The molecule has 33 heavy (non-hydrogen) atoms. The Kier molecular flexibility index (Phi) is 5.36. The summed E-state index contributed by atoms with van der Waals surface area (Å²) in [5.41, 5.74) is 3.55. The van der Waals surface area contributed by atoms with Crippen LogP contribution in [0, 0.1) is 0 Å². The Hall–Kier alpha value is -4.03. The van der Waals surface area contributed by atoms with Crippen molar-refractivity contribution in [1.82, 2.24) is 4.98 Å². The molecule has 4 aromatic rings. The van der Waals surface area contributed by atoms with Gasteiger partial charge in [-0.15, -0.1) is 0 Å². The summed E-state index contributed by atoms with van der Waals surface area (Å²) in [6.07, 6.45) is 6.37. The molecule has 162 valence electrons. The Morgan fingerprint density at radius 1 is 1.09 bits per heavy atom. The van der Waals surface area contributed by atoms with Gasteiger partial charge in [-0.1, -0.05) is 72.9 Å². The number of benzene rings is 3. The molecular formula is C27H20N2O3S. The summed E-state index contributed by atoms with van der Waals surface area (Å²) in [6, 6.07) is 19.6. The largest absolute Gasteiger partial charge is 0.507 e. The molecule has 5 nitrogen and oxygen atoms in total. The van der Waals surface area contributed by atoms with E-state index in [1.165, 1.54) is 6.92 Å². The maximum absolute atomic E-state index is 11.7. The van der Waals surface area contributed by atoms with Crippen molar-refractivity contribution in [2.24, 2.45) is 0 Å². The summed E-state index contributed by atoms with van der Waals surface area (Å²) in [5, 5.41) is 15.8. The molecule has 0 fully saturated rings. The highest BCUT2D eigenvalue weighted by atomic mass is 32.1. The molecule has 3 aromatic carbocycles. The summed E-state index contributed by atoms with van der Waals surface area (Å²) in [4.78, 5) is 17.1. The van der Waals surface area contributed by atoms with E-state index in [2.05, 4.69) is 28.5 Å². The molecule has 0 spiro atoms. The molecule has 1 amide bonds. The lowest BCUT2D eigenvalue weighted by Crippen LogP contribution is -2.07. The van der Waals surface area contributed by atoms with E-state index in [1.54, 1.807) is 12.1 Å². The number of oxazole rings is 1. The smallest absolute Gasteiger partial charge is 0.233 e. The second-order valence-corrected chi connectivity index (χ2v) is 8.33. The van der Waals surface area contributed by atoms with Gasteiger partial charge in [0.2, 0.25) is 17.7 Å². The van der Waals surface area contributed by atoms with Gasteiger partial charge in [-0.05, 0) is 40.1 Å². The number of nitrogens with zero attached hydrogens (tertiary/aromatic N) is 1. The number of rotatable bonds is 4. The lowest BCUT2D eigenvalue weighted by molar-refractivity contribution is -0.114. The van der Waals surface area contributed by atoms with Gasteiger partial charge in [-0.25, -0.2) is 4.98 Å². The van der Waals surface area contributed by atoms with Crippen molar-refractivity contribution in [2.75, 3.05) is 5.32 Å². The molecule has 0 aliphatic heterocycles. The number of carbonyl (C=O) groups is 1. The molecule has 2 N–H and O–H groups in total. The van der Waals surface area contributed by atoms with Gasteiger partial charge in [-0.3, -0.25) is 10.1 Å². The minimum atomic E-state index is -0.280. The normalized spacial score (nSPS) is 13.2. The topological polar surface area (TPSA) is 75.4 Å². The zero-order valence-electron chi connectivity index (χ0n) is 17.8. The third-order valence-electron chi connectivity index (χ3n) is 5.45. The summed E-state index contributed by atoms with van der Waals surface area (Å²) in [6.45, 7) is 1.40. The minimum Gasteiger partial charge on any atom is -0.507 e. The average Bonchev–Trinajstić information content (AvgIpc) is 3.21. The number of anilines is 1. The number of fused-ring (bicyclic) bond motifs is 1. The highest BCUT2D eigenvalue weighted by molar-refractivity contribution is 7.80. The number of aromatic hydroxyl groups is 1. The summed E-state index contributed by atoms with van der Waals surface area (Å²) in [5.74, 6) is 0.181. The van der Waals surface area contributed by atoms with Gasteiger partial charge in [0.05, 0.1) is 5.56 Å². The fourth-order valence-corrected chi connectivity index (χ4v) is 4.19. The summed E-state index contributed by atoms with van der Waals surface area (Å²) in [7, 11) is 0. The van der Waals surface area contributed by atoms with Crippen LogP contribution in [-0.4, -0.2) is 20.9 Å². The highest BCUT2D eigenvalue weighted by Gasteiger charge is 2.21. The maximum Gasteiger partial charge on any atom is 0.233 e. The number of thiocarbonyl (C=S) groups is 1. The third-order valence-corrected chi connectivity index (χ3v) is 5.74. The second kappa shape index (κ2) is 8.48. The van der Waals surface area contributed by atoms with Gasteiger partial charge in [0.1, 0.15) is 11.4 Å². The van der Waals surface area contributed by atoms with Crippen LogP contribution in [0.25, 0.3) is 38.9 Å². The van der Waals surface area contributed by atoms with Crippen molar-refractivity contribution >= 4 is 45.2 Å². The van der Waals surface area contributed by atoms with Gasteiger partial charge in [0.25, 0.3) is 0 Å². The number of hydrogen-bond donors (Lipinski definition) is 2. The van der Waals surface area contributed by atoms with Crippen molar-refractivity contribution in [2.45, 2.75) is 13.3 Å². The predicted molar refractivity (Wildman–Crippen MR) is 135 cm³/mol. The number of carbonyl (C=O) groups excluding carboxylic acids is 1. The lowest BCUT2D eigenvalue weighted by atomic mass is 9.97. The molecule has 6 heteroatoms. The van der Waals surface area contributed by atoms with Crippen LogP contribution >= 0.6 is 12.2 Å². The Bertz CT molecular complexity index is 1470. The van der Waals surface area contributed by atoms with E-state index in [-0.39, 0.29) is 23.4 Å². The van der Waals surface area contributed by atoms with E-state index in [0.29, 0.717) is 17.7 Å². The van der Waals surface area contributed by atoms with Gasteiger partial charge in [-0.2, -0.15) is 0 Å². The zero-order chi connectivity index (χ0) is 22.9. The molecular weight excluding hydrogens is 432 g/mol.